The fourth-order valence-electron chi connectivity index (χ4n) is 3.32. The normalized spacial score (nSPS) is 18.2. The zero-order valence-corrected chi connectivity index (χ0v) is 16.5. The minimum absolute atomic E-state index is 0.197. The predicted octanol–water partition coefficient (Wildman–Crippen LogP) is 5.04. The molecule has 5 heteroatoms. The maximum atomic E-state index is 11.2. The molecule has 25 heavy (non-hydrogen) atoms. The Hall–Kier alpha value is -1.43. The van der Waals surface area contributed by atoms with Crippen LogP contribution in [0, 0.1) is 19.8 Å². The molecule has 2 aromatic heterocycles. The maximum absolute atomic E-state index is 11.2. The number of carbonyl (C=O) groups is 1. The van der Waals surface area contributed by atoms with E-state index < -0.39 is 5.97 Å². The van der Waals surface area contributed by atoms with E-state index in [2.05, 4.69) is 47.7 Å². The van der Waals surface area contributed by atoms with Crippen LogP contribution in [0.25, 0.3) is 5.57 Å². The summed E-state index contributed by atoms with van der Waals surface area (Å²) in [5.74, 6) is -0.846. The van der Waals surface area contributed by atoms with Crippen LogP contribution in [0.2, 0.25) is 0 Å². The van der Waals surface area contributed by atoms with Crippen LogP contribution >= 0.6 is 22.7 Å². The second kappa shape index (κ2) is 8.30. The second-order valence-corrected chi connectivity index (χ2v) is 8.68. The molecule has 0 aromatic carbocycles. The number of rotatable bonds is 6. The number of carboxylic acid groups (broad SMARTS) is 1. The van der Waals surface area contributed by atoms with E-state index in [0.29, 0.717) is 6.54 Å². The van der Waals surface area contributed by atoms with Gasteiger partial charge in [0.2, 0.25) is 0 Å². The molecule has 3 rings (SSSR count). The van der Waals surface area contributed by atoms with Crippen molar-refractivity contribution in [2.75, 3.05) is 19.6 Å². The molecule has 0 spiro atoms. The Morgan fingerprint density at radius 3 is 2.40 bits per heavy atom. The van der Waals surface area contributed by atoms with E-state index in [1.165, 1.54) is 26.5 Å². The number of thiophene rings is 2. The number of aliphatic carboxylic acids is 1. The van der Waals surface area contributed by atoms with Gasteiger partial charge in [0.05, 0.1) is 5.92 Å². The van der Waals surface area contributed by atoms with E-state index in [-0.39, 0.29) is 5.92 Å². The number of hydrogen-bond acceptors (Lipinski definition) is 4. The molecule has 1 unspecified atom stereocenters. The second-order valence-electron chi connectivity index (χ2n) is 6.86. The van der Waals surface area contributed by atoms with Crippen LogP contribution in [0.1, 0.15) is 40.1 Å². The summed E-state index contributed by atoms with van der Waals surface area (Å²) in [7, 11) is 0. The number of piperidine rings is 1. The molecule has 0 radical (unpaired) electrons. The number of nitrogens with zero attached hydrogens (tertiary/aromatic N) is 1. The zero-order valence-electron chi connectivity index (χ0n) is 14.8. The number of aryl methyl sites for hydroxylation is 2. The largest absolute Gasteiger partial charge is 0.481 e. The molecule has 1 fully saturated rings. The number of carboxylic acids is 1. The zero-order chi connectivity index (χ0) is 17.8. The van der Waals surface area contributed by atoms with E-state index in [9.17, 15) is 9.90 Å². The Labute approximate surface area is 157 Å². The van der Waals surface area contributed by atoms with Crippen molar-refractivity contribution in [3.8, 4) is 0 Å². The van der Waals surface area contributed by atoms with E-state index in [1.807, 2.05) is 0 Å². The molecule has 134 valence electrons. The van der Waals surface area contributed by atoms with E-state index in [4.69, 9.17) is 0 Å². The molecule has 2 aromatic rings. The fourth-order valence-corrected chi connectivity index (χ4v) is 5.29. The smallest absolute Gasteiger partial charge is 0.307 e. The lowest BCUT2D eigenvalue weighted by Gasteiger charge is -2.30. The van der Waals surface area contributed by atoms with Gasteiger partial charge in [0.1, 0.15) is 0 Å². The fraction of sp³-hybridized carbons (Fsp3) is 0.450. The van der Waals surface area contributed by atoms with Crippen molar-refractivity contribution in [1.29, 1.82) is 0 Å². The van der Waals surface area contributed by atoms with Gasteiger partial charge in [-0.05, 0) is 73.7 Å². The summed E-state index contributed by atoms with van der Waals surface area (Å²) in [6.45, 7) is 6.91. The average Bonchev–Trinajstić information content (AvgIpc) is 3.20. The molecule has 1 aliphatic rings. The molecule has 1 N–H and O–H groups in total. The van der Waals surface area contributed by atoms with Gasteiger partial charge >= 0.3 is 5.97 Å². The predicted molar refractivity (Wildman–Crippen MR) is 107 cm³/mol. The molecular weight excluding hydrogens is 350 g/mol. The van der Waals surface area contributed by atoms with Crippen molar-refractivity contribution in [2.45, 2.75) is 33.1 Å². The Morgan fingerprint density at radius 2 is 1.88 bits per heavy atom. The van der Waals surface area contributed by atoms with Crippen LogP contribution < -0.4 is 0 Å². The minimum atomic E-state index is -0.649. The summed E-state index contributed by atoms with van der Waals surface area (Å²) in [5, 5.41) is 13.6. The lowest BCUT2D eigenvalue weighted by Crippen LogP contribution is -2.39. The molecule has 0 aliphatic carbocycles. The van der Waals surface area contributed by atoms with E-state index >= 15 is 0 Å². The molecule has 1 aliphatic heterocycles. The van der Waals surface area contributed by atoms with E-state index in [0.717, 1.165) is 32.4 Å². The highest BCUT2D eigenvalue weighted by atomic mass is 32.1. The minimum Gasteiger partial charge on any atom is -0.481 e. The van der Waals surface area contributed by atoms with Gasteiger partial charge in [-0.3, -0.25) is 4.79 Å². The Bertz CT molecular complexity index is 717. The van der Waals surface area contributed by atoms with Crippen molar-refractivity contribution >= 4 is 34.2 Å². The molecular formula is C20H25NO2S2. The van der Waals surface area contributed by atoms with Crippen molar-refractivity contribution in [3.05, 3.63) is 49.9 Å². The number of hydrogen-bond donors (Lipinski definition) is 1. The van der Waals surface area contributed by atoms with Gasteiger partial charge in [-0.2, -0.15) is 0 Å². The third-order valence-corrected chi connectivity index (χ3v) is 6.80. The molecule has 0 saturated carbocycles. The highest BCUT2D eigenvalue weighted by Crippen LogP contribution is 2.33. The molecule has 0 bridgehead atoms. The van der Waals surface area contributed by atoms with Gasteiger partial charge in [-0.1, -0.05) is 6.08 Å². The summed E-state index contributed by atoms with van der Waals surface area (Å²) >= 11 is 3.60. The van der Waals surface area contributed by atoms with Gasteiger partial charge in [0, 0.05) is 28.4 Å². The van der Waals surface area contributed by atoms with Crippen LogP contribution in [0.3, 0.4) is 0 Å². The van der Waals surface area contributed by atoms with Gasteiger partial charge in [0.15, 0.2) is 0 Å². The summed E-state index contributed by atoms with van der Waals surface area (Å²) in [4.78, 5) is 16.2. The highest BCUT2D eigenvalue weighted by Gasteiger charge is 2.24. The van der Waals surface area contributed by atoms with Crippen LogP contribution in [-0.4, -0.2) is 35.6 Å². The van der Waals surface area contributed by atoms with Gasteiger partial charge in [-0.15, -0.1) is 22.7 Å². The maximum Gasteiger partial charge on any atom is 0.307 e. The Balaban J connectivity index is 1.70. The third-order valence-electron chi connectivity index (χ3n) is 4.64. The van der Waals surface area contributed by atoms with E-state index in [1.54, 1.807) is 22.7 Å². The van der Waals surface area contributed by atoms with Crippen LogP contribution in [0.15, 0.2) is 29.0 Å². The molecule has 1 saturated heterocycles. The van der Waals surface area contributed by atoms with Crippen molar-refractivity contribution in [1.82, 2.24) is 4.90 Å². The lowest BCUT2D eigenvalue weighted by molar-refractivity contribution is -0.143. The first kappa shape index (κ1) is 18.4. The van der Waals surface area contributed by atoms with Crippen LogP contribution in [0.5, 0.6) is 0 Å². The molecule has 3 nitrogen and oxygen atoms in total. The summed E-state index contributed by atoms with van der Waals surface area (Å²) in [6.07, 6.45) is 5.09. The van der Waals surface area contributed by atoms with Crippen molar-refractivity contribution in [2.24, 2.45) is 5.92 Å². The Morgan fingerprint density at radius 1 is 1.24 bits per heavy atom. The first-order valence-electron chi connectivity index (χ1n) is 8.79. The van der Waals surface area contributed by atoms with Crippen molar-refractivity contribution in [3.63, 3.8) is 0 Å². The number of likely N-dealkylation sites (tertiary alicyclic amines) is 1. The summed E-state index contributed by atoms with van der Waals surface area (Å²) in [5.41, 5.74) is 3.93. The summed E-state index contributed by atoms with van der Waals surface area (Å²) < 4.78 is 0. The van der Waals surface area contributed by atoms with Crippen LogP contribution in [-0.2, 0) is 4.79 Å². The summed E-state index contributed by atoms with van der Waals surface area (Å²) in [6, 6.07) is 4.51. The van der Waals surface area contributed by atoms with Gasteiger partial charge in [-0.25, -0.2) is 0 Å². The lowest BCUT2D eigenvalue weighted by atomic mass is 9.98. The first-order chi connectivity index (χ1) is 12.0. The SMILES string of the molecule is Cc1csc(C(=CCCN2CCCC(C(=O)O)C2)c2cc(C)cs2)c1. The first-order valence-corrected chi connectivity index (χ1v) is 10.5. The van der Waals surface area contributed by atoms with Crippen molar-refractivity contribution < 1.29 is 9.90 Å². The van der Waals surface area contributed by atoms with Gasteiger partial charge in [0.25, 0.3) is 0 Å². The monoisotopic (exact) mass is 375 g/mol. The standard InChI is InChI=1S/C20H25NO2S2/c1-14-9-18(24-12-14)17(19-10-15(2)13-25-19)6-4-8-21-7-3-5-16(11-21)20(22)23/h6,9-10,12-13,16H,3-5,7-8,11H2,1-2H3,(H,22,23). The third kappa shape index (κ3) is 4.81. The van der Waals surface area contributed by atoms with Gasteiger partial charge < -0.3 is 10.0 Å². The molecule has 0 amide bonds. The van der Waals surface area contributed by atoms with Crippen LogP contribution in [0.4, 0.5) is 0 Å². The molecule has 3 heterocycles. The topological polar surface area (TPSA) is 40.5 Å². The Kier molecular flexibility index (Phi) is 6.10. The molecule has 1 atom stereocenters. The average molecular weight is 376 g/mol. The highest BCUT2D eigenvalue weighted by molar-refractivity contribution is 7.14. The quantitative estimate of drug-likeness (QED) is 0.768.